The SMILES string of the molecule is C=C(C)C(=O)OC.O=C1C=CC2C3C=CC(C3)C12. The van der Waals surface area contributed by atoms with Crippen molar-refractivity contribution in [3.8, 4) is 0 Å². The third-order valence-electron chi connectivity index (χ3n) is 3.87. The van der Waals surface area contributed by atoms with Gasteiger partial charge in [-0.25, -0.2) is 4.79 Å². The van der Waals surface area contributed by atoms with E-state index >= 15 is 0 Å². The summed E-state index contributed by atoms with van der Waals surface area (Å²) in [5, 5.41) is 0. The fraction of sp³-hybridized carbons (Fsp3) is 0.467. The van der Waals surface area contributed by atoms with Crippen molar-refractivity contribution < 1.29 is 14.3 Å². The van der Waals surface area contributed by atoms with E-state index in [1.165, 1.54) is 13.5 Å². The van der Waals surface area contributed by atoms with Gasteiger partial charge < -0.3 is 4.74 Å². The summed E-state index contributed by atoms with van der Waals surface area (Å²) in [6.45, 7) is 4.95. The van der Waals surface area contributed by atoms with Gasteiger partial charge in [-0.1, -0.05) is 24.8 Å². The average molecular weight is 246 g/mol. The van der Waals surface area contributed by atoms with Crippen LogP contribution in [0.5, 0.6) is 0 Å². The molecular formula is C15H18O3. The molecule has 0 heterocycles. The van der Waals surface area contributed by atoms with Crippen molar-refractivity contribution >= 4 is 11.8 Å². The fourth-order valence-corrected chi connectivity index (χ4v) is 3.01. The van der Waals surface area contributed by atoms with Gasteiger partial charge in [0.1, 0.15) is 0 Å². The van der Waals surface area contributed by atoms with Crippen LogP contribution in [0.2, 0.25) is 0 Å². The smallest absolute Gasteiger partial charge is 0.332 e. The quantitative estimate of drug-likeness (QED) is 0.405. The van der Waals surface area contributed by atoms with E-state index in [1.807, 2.05) is 0 Å². The Morgan fingerprint density at radius 2 is 2.00 bits per heavy atom. The summed E-state index contributed by atoms with van der Waals surface area (Å²) in [6, 6.07) is 0. The molecule has 0 aromatic carbocycles. The Balaban J connectivity index is 0.000000152. The molecule has 0 aromatic rings. The molecule has 96 valence electrons. The summed E-state index contributed by atoms with van der Waals surface area (Å²) in [7, 11) is 1.33. The Labute approximate surface area is 107 Å². The fourth-order valence-electron chi connectivity index (χ4n) is 3.01. The summed E-state index contributed by atoms with van der Waals surface area (Å²) < 4.78 is 4.27. The Bertz CT molecular complexity index is 445. The van der Waals surface area contributed by atoms with E-state index in [-0.39, 0.29) is 5.97 Å². The Hall–Kier alpha value is -1.64. The maximum absolute atomic E-state index is 11.3. The van der Waals surface area contributed by atoms with Crippen LogP contribution >= 0.6 is 0 Å². The molecule has 3 heteroatoms. The number of allylic oxidation sites excluding steroid dienone is 4. The molecule has 0 amide bonds. The molecule has 0 saturated heterocycles. The number of ketones is 1. The van der Waals surface area contributed by atoms with Gasteiger partial charge in [0.05, 0.1) is 7.11 Å². The zero-order chi connectivity index (χ0) is 13.3. The van der Waals surface area contributed by atoms with Crippen molar-refractivity contribution in [2.45, 2.75) is 13.3 Å². The minimum atomic E-state index is -0.347. The molecule has 3 aliphatic carbocycles. The Kier molecular flexibility index (Phi) is 3.50. The lowest BCUT2D eigenvalue weighted by atomic mass is 9.85. The van der Waals surface area contributed by atoms with Gasteiger partial charge in [-0.3, -0.25) is 4.79 Å². The van der Waals surface area contributed by atoms with E-state index in [1.54, 1.807) is 13.0 Å². The first-order valence-electron chi connectivity index (χ1n) is 6.18. The molecule has 4 unspecified atom stereocenters. The third kappa shape index (κ3) is 2.17. The molecule has 0 aromatic heterocycles. The second kappa shape index (κ2) is 4.92. The second-order valence-electron chi connectivity index (χ2n) is 5.08. The summed E-state index contributed by atoms with van der Waals surface area (Å²) in [6.07, 6.45) is 9.64. The predicted molar refractivity (Wildman–Crippen MR) is 68.7 cm³/mol. The maximum Gasteiger partial charge on any atom is 0.332 e. The van der Waals surface area contributed by atoms with Gasteiger partial charge in [-0.05, 0) is 37.2 Å². The van der Waals surface area contributed by atoms with Crippen LogP contribution < -0.4 is 0 Å². The number of methoxy groups -OCH3 is 1. The number of rotatable bonds is 1. The number of ether oxygens (including phenoxy) is 1. The van der Waals surface area contributed by atoms with Crippen molar-refractivity contribution in [2.24, 2.45) is 23.7 Å². The largest absolute Gasteiger partial charge is 0.466 e. The highest BCUT2D eigenvalue weighted by molar-refractivity contribution is 5.95. The molecule has 0 spiro atoms. The van der Waals surface area contributed by atoms with Crippen molar-refractivity contribution in [1.29, 1.82) is 0 Å². The Morgan fingerprint density at radius 1 is 1.33 bits per heavy atom. The first-order chi connectivity index (χ1) is 8.54. The van der Waals surface area contributed by atoms with Crippen molar-refractivity contribution in [1.82, 2.24) is 0 Å². The summed E-state index contributed by atoms with van der Waals surface area (Å²) in [5.41, 5.74) is 0.433. The van der Waals surface area contributed by atoms with Crippen molar-refractivity contribution in [2.75, 3.05) is 7.11 Å². The lowest BCUT2D eigenvalue weighted by molar-refractivity contribution is -0.136. The minimum Gasteiger partial charge on any atom is -0.466 e. The molecule has 3 rings (SSSR count). The molecular weight excluding hydrogens is 228 g/mol. The van der Waals surface area contributed by atoms with E-state index in [2.05, 4.69) is 29.5 Å². The first-order valence-corrected chi connectivity index (χ1v) is 6.18. The topological polar surface area (TPSA) is 43.4 Å². The third-order valence-corrected chi connectivity index (χ3v) is 3.87. The molecule has 3 aliphatic rings. The summed E-state index contributed by atoms with van der Waals surface area (Å²) in [4.78, 5) is 21.5. The number of carbonyl (C=O) groups is 2. The van der Waals surface area contributed by atoms with E-state index in [0.717, 1.165) is 0 Å². The van der Waals surface area contributed by atoms with Gasteiger partial charge in [0, 0.05) is 11.5 Å². The van der Waals surface area contributed by atoms with Gasteiger partial charge in [0.15, 0.2) is 5.78 Å². The number of hydrogen-bond donors (Lipinski definition) is 0. The van der Waals surface area contributed by atoms with Gasteiger partial charge in [-0.15, -0.1) is 0 Å². The van der Waals surface area contributed by atoms with Gasteiger partial charge in [0.2, 0.25) is 0 Å². The van der Waals surface area contributed by atoms with Crippen LogP contribution in [0.4, 0.5) is 0 Å². The predicted octanol–water partition coefficient (Wildman–Crippen LogP) is 2.30. The van der Waals surface area contributed by atoms with Gasteiger partial charge in [-0.2, -0.15) is 0 Å². The van der Waals surface area contributed by atoms with Crippen LogP contribution in [0, 0.1) is 23.7 Å². The number of carbonyl (C=O) groups excluding carboxylic acids is 2. The monoisotopic (exact) mass is 246 g/mol. The summed E-state index contributed by atoms with van der Waals surface area (Å²) >= 11 is 0. The lowest BCUT2D eigenvalue weighted by Gasteiger charge is -2.17. The van der Waals surface area contributed by atoms with E-state index in [4.69, 9.17) is 0 Å². The lowest BCUT2D eigenvalue weighted by Crippen LogP contribution is -2.19. The molecule has 1 fully saturated rings. The minimum absolute atomic E-state index is 0.338. The Morgan fingerprint density at radius 3 is 2.50 bits per heavy atom. The van der Waals surface area contributed by atoms with Crippen molar-refractivity contribution in [3.05, 3.63) is 36.5 Å². The van der Waals surface area contributed by atoms with Crippen LogP contribution in [0.3, 0.4) is 0 Å². The van der Waals surface area contributed by atoms with E-state index in [9.17, 15) is 9.59 Å². The average Bonchev–Trinajstić information content (AvgIpc) is 3.02. The zero-order valence-electron chi connectivity index (χ0n) is 10.8. The molecule has 18 heavy (non-hydrogen) atoms. The second-order valence-corrected chi connectivity index (χ2v) is 5.08. The van der Waals surface area contributed by atoms with Crippen molar-refractivity contribution in [3.63, 3.8) is 0 Å². The number of esters is 1. The first kappa shape index (κ1) is 12.8. The normalized spacial score (nSPS) is 34.0. The highest BCUT2D eigenvalue weighted by Gasteiger charge is 2.48. The molecule has 1 saturated carbocycles. The molecule has 0 radical (unpaired) electrons. The highest BCUT2D eigenvalue weighted by atomic mass is 16.5. The number of hydrogen-bond acceptors (Lipinski definition) is 3. The molecule has 0 aliphatic heterocycles. The van der Waals surface area contributed by atoms with Gasteiger partial charge in [0.25, 0.3) is 0 Å². The van der Waals surface area contributed by atoms with Crippen LogP contribution in [0.25, 0.3) is 0 Å². The molecule has 0 N–H and O–H groups in total. The zero-order valence-corrected chi connectivity index (χ0v) is 10.8. The number of fused-ring (bicyclic) bond motifs is 5. The van der Waals surface area contributed by atoms with Crippen LogP contribution in [0.15, 0.2) is 36.5 Å². The molecule has 3 nitrogen and oxygen atoms in total. The molecule has 4 atom stereocenters. The van der Waals surface area contributed by atoms with Crippen LogP contribution in [0.1, 0.15) is 13.3 Å². The highest BCUT2D eigenvalue weighted by Crippen LogP contribution is 2.51. The maximum atomic E-state index is 11.3. The standard InChI is InChI=1S/C10H10O.C5H8O2/c11-9-4-3-8-6-1-2-7(5-6)10(8)9;1-4(2)5(6)7-3/h1-4,6-8,10H,5H2;1H2,2-3H3. The van der Waals surface area contributed by atoms with E-state index in [0.29, 0.717) is 35.0 Å². The van der Waals surface area contributed by atoms with Crippen LogP contribution in [-0.2, 0) is 14.3 Å². The van der Waals surface area contributed by atoms with Crippen LogP contribution in [-0.4, -0.2) is 18.9 Å². The molecule has 2 bridgehead atoms. The van der Waals surface area contributed by atoms with E-state index < -0.39 is 0 Å². The summed E-state index contributed by atoms with van der Waals surface area (Å²) in [5.74, 6) is 2.19. The van der Waals surface area contributed by atoms with Gasteiger partial charge >= 0.3 is 5.97 Å².